The molecule has 0 saturated carbocycles. The topological polar surface area (TPSA) is 25.8 Å². The maximum Gasteiger partial charge on any atom is 0.121 e. The molecule has 0 unspecified atom stereocenters. The summed E-state index contributed by atoms with van der Waals surface area (Å²) in [5.41, 5.74) is 4.50. The van der Waals surface area contributed by atoms with Crippen LogP contribution < -0.4 is 20.7 Å². The van der Waals surface area contributed by atoms with E-state index in [1.54, 1.807) is 0 Å². The quantitative estimate of drug-likeness (QED) is 0.201. The van der Waals surface area contributed by atoms with Crippen LogP contribution in [0, 0.1) is 0 Å². The molecule has 0 spiro atoms. The maximum absolute atomic E-state index is 4.87. The Labute approximate surface area is 248 Å². The molecule has 5 heteroatoms. The molecule has 0 saturated heterocycles. The van der Waals surface area contributed by atoms with Crippen molar-refractivity contribution in [2.45, 2.75) is 39.3 Å². The van der Waals surface area contributed by atoms with E-state index in [-0.39, 0.29) is 0 Å². The van der Waals surface area contributed by atoms with Crippen molar-refractivity contribution in [3.63, 3.8) is 0 Å². The van der Waals surface area contributed by atoms with E-state index in [0.717, 1.165) is 11.4 Å². The third kappa shape index (κ3) is 5.75. The Morgan fingerprint density at radius 2 is 0.927 bits per heavy atom. The Morgan fingerprint density at radius 1 is 0.488 bits per heavy atom. The van der Waals surface area contributed by atoms with Crippen LogP contribution in [0.5, 0.6) is 0 Å². The molecule has 2 nitrogen and oxygen atoms in total. The number of rotatable bonds is 6. The molecule has 202 valence electrons. The largest absolute Gasteiger partial charge is 0.256 e. The van der Waals surface area contributed by atoms with E-state index in [2.05, 4.69) is 136 Å². The number of aromatic nitrogens is 2. The van der Waals surface area contributed by atoms with Crippen LogP contribution in [-0.2, 0) is 0 Å². The smallest absolute Gasteiger partial charge is 0.121 e. The third-order valence-corrected chi connectivity index (χ3v) is 13.1. The fraction of sp³-hybridized carbons (Fsp3) is 0.167. The van der Waals surface area contributed by atoms with Crippen molar-refractivity contribution in [2.24, 2.45) is 0 Å². The molecule has 0 bridgehead atoms. The van der Waals surface area contributed by atoms with Crippen molar-refractivity contribution in [2.75, 3.05) is 0 Å². The summed E-state index contributed by atoms with van der Waals surface area (Å²) in [6.45, 7) is 14.4. The summed E-state index contributed by atoms with van der Waals surface area (Å²) in [5.74, 6) is 0. The normalized spacial score (nSPS) is 12.2. The summed E-state index contributed by atoms with van der Waals surface area (Å²) in [5, 5.41) is 10.5. The van der Waals surface area contributed by atoms with Crippen LogP contribution in [0.4, 0.5) is 0 Å². The van der Waals surface area contributed by atoms with Gasteiger partial charge in [-0.3, -0.25) is 9.97 Å². The lowest BCUT2D eigenvalue weighted by Crippen LogP contribution is -2.37. The lowest BCUT2D eigenvalue weighted by atomic mass is 10.0. The van der Waals surface area contributed by atoms with Crippen molar-refractivity contribution in [1.82, 2.24) is 9.97 Å². The molecule has 2 heterocycles. The Balaban J connectivity index is 1.36. The highest BCUT2D eigenvalue weighted by Gasteiger charge is 2.19. The predicted molar refractivity (Wildman–Crippen MR) is 185 cm³/mol. The zero-order valence-corrected chi connectivity index (χ0v) is 27.8. The van der Waals surface area contributed by atoms with Crippen LogP contribution in [0.15, 0.2) is 109 Å². The molecular weight excluding hydrogens is 545 g/mol. The van der Waals surface area contributed by atoms with Gasteiger partial charge in [0.1, 0.15) is 9.52 Å². The monoisotopic (exact) mass is 580 g/mol. The summed E-state index contributed by atoms with van der Waals surface area (Å²) >= 11 is 0. The molecular formula is C36H36N2Si3. The van der Waals surface area contributed by atoms with Crippen molar-refractivity contribution in [3.05, 3.63) is 109 Å². The van der Waals surface area contributed by atoms with Gasteiger partial charge in [0.05, 0.1) is 27.5 Å². The minimum absolute atomic E-state index is 0.549. The zero-order chi connectivity index (χ0) is 28.8. The molecule has 0 atom stereocenters. The van der Waals surface area contributed by atoms with E-state index in [9.17, 15) is 0 Å². The van der Waals surface area contributed by atoms with Gasteiger partial charge in [-0.05, 0) is 22.9 Å². The molecule has 4 aromatic carbocycles. The first-order chi connectivity index (χ1) is 19.6. The number of hydrogen-bond donors (Lipinski definition) is 0. The first kappa shape index (κ1) is 27.5. The van der Waals surface area contributed by atoms with E-state index >= 15 is 0 Å². The number of benzene rings is 4. The van der Waals surface area contributed by atoms with Gasteiger partial charge in [0.2, 0.25) is 0 Å². The number of pyridine rings is 2. The van der Waals surface area contributed by atoms with Gasteiger partial charge in [0.25, 0.3) is 0 Å². The highest BCUT2D eigenvalue weighted by Crippen LogP contribution is 2.27. The third-order valence-electron chi connectivity index (χ3n) is 7.83. The molecule has 6 aromatic rings. The van der Waals surface area contributed by atoms with E-state index in [0.29, 0.717) is 9.52 Å². The lowest BCUT2D eigenvalue weighted by molar-refractivity contribution is 1.36. The molecule has 0 aliphatic heterocycles. The van der Waals surface area contributed by atoms with Crippen molar-refractivity contribution in [1.29, 1.82) is 0 Å². The van der Waals surface area contributed by atoms with E-state index in [4.69, 9.17) is 9.97 Å². The van der Waals surface area contributed by atoms with Gasteiger partial charge < -0.3 is 0 Å². The fourth-order valence-corrected chi connectivity index (χ4v) is 8.85. The first-order valence-corrected chi connectivity index (χ1v) is 22.3. The van der Waals surface area contributed by atoms with Crippen LogP contribution in [0.1, 0.15) is 0 Å². The van der Waals surface area contributed by atoms with Gasteiger partial charge in [-0.1, -0.05) is 145 Å². The van der Waals surface area contributed by atoms with Gasteiger partial charge in [-0.2, -0.15) is 0 Å². The highest BCUT2D eigenvalue weighted by atomic mass is 28.3. The van der Waals surface area contributed by atoms with Gasteiger partial charge in [0, 0.05) is 34.3 Å². The summed E-state index contributed by atoms with van der Waals surface area (Å²) in [6, 6.07) is 36.0. The molecule has 6 rings (SSSR count). The minimum Gasteiger partial charge on any atom is -0.256 e. The second kappa shape index (κ2) is 10.6. The summed E-state index contributed by atoms with van der Waals surface area (Å²) in [6.07, 6.45) is 3.88. The zero-order valence-electron chi connectivity index (χ0n) is 24.8. The molecule has 0 fully saturated rings. The fourth-order valence-electron chi connectivity index (χ4n) is 5.38. The highest BCUT2D eigenvalue weighted by molar-refractivity contribution is 6.89. The standard InChI is InChI=1S/C36H36N2Si3/c1-40(2,3)31-15-13-25-17-19-37-35(33(25)23-31)27-9-7-11-29(21-27)39-30-12-8-10-28(22-30)36-34-24-32(41(4,5)6)16-14-26(34)18-20-38-36/h7-24H,1-6H3. The summed E-state index contributed by atoms with van der Waals surface area (Å²) < 4.78 is 0. The van der Waals surface area contributed by atoms with E-state index < -0.39 is 16.1 Å². The summed E-state index contributed by atoms with van der Waals surface area (Å²) in [4.78, 5) is 9.74. The number of nitrogens with zero attached hydrogens (tertiary/aromatic N) is 2. The lowest BCUT2D eigenvalue weighted by Gasteiger charge is -2.18. The molecule has 2 radical (unpaired) electrons. The molecule has 2 aromatic heterocycles. The van der Waals surface area contributed by atoms with Crippen molar-refractivity contribution < 1.29 is 0 Å². The Morgan fingerprint density at radius 3 is 1.34 bits per heavy atom. The predicted octanol–water partition coefficient (Wildman–Crippen LogP) is 6.86. The van der Waals surface area contributed by atoms with Crippen molar-refractivity contribution in [3.8, 4) is 22.5 Å². The molecule has 0 N–H and O–H groups in total. The van der Waals surface area contributed by atoms with Crippen molar-refractivity contribution >= 4 is 68.0 Å². The van der Waals surface area contributed by atoms with Crippen LogP contribution in [0.3, 0.4) is 0 Å². The molecule has 0 amide bonds. The SMILES string of the molecule is C[Si](C)(C)c1ccc2ccnc(-c3cccc([Si]c4cccc(-c5nccc6ccc([Si](C)(C)C)cc56)c4)c3)c2c1. The minimum atomic E-state index is -1.43. The van der Waals surface area contributed by atoms with Gasteiger partial charge in [0.15, 0.2) is 0 Å². The number of fused-ring (bicyclic) bond motifs is 2. The van der Waals surface area contributed by atoms with E-state index in [1.807, 2.05) is 12.4 Å². The first-order valence-electron chi connectivity index (χ1n) is 14.3. The Hall–Kier alpha value is -3.65. The van der Waals surface area contributed by atoms with Gasteiger partial charge in [-0.25, -0.2) is 0 Å². The molecule has 0 aliphatic rings. The van der Waals surface area contributed by atoms with E-state index in [1.165, 1.54) is 53.4 Å². The Kier molecular flexibility index (Phi) is 7.14. The van der Waals surface area contributed by atoms with Crippen LogP contribution in [-0.4, -0.2) is 35.6 Å². The number of hydrogen-bond acceptors (Lipinski definition) is 2. The van der Waals surface area contributed by atoms with Crippen LogP contribution in [0.2, 0.25) is 39.3 Å². The maximum atomic E-state index is 4.87. The second-order valence-electron chi connectivity index (χ2n) is 13.0. The van der Waals surface area contributed by atoms with Gasteiger partial charge in [-0.15, -0.1) is 0 Å². The van der Waals surface area contributed by atoms with Crippen LogP contribution in [0.25, 0.3) is 44.1 Å². The van der Waals surface area contributed by atoms with Gasteiger partial charge >= 0.3 is 0 Å². The second-order valence-corrected chi connectivity index (χ2v) is 24.5. The average molecular weight is 581 g/mol. The molecule has 0 aliphatic carbocycles. The average Bonchev–Trinajstić information content (AvgIpc) is 2.95. The van der Waals surface area contributed by atoms with Crippen LogP contribution >= 0.6 is 0 Å². The molecule has 41 heavy (non-hydrogen) atoms. The summed E-state index contributed by atoms with van der Waals surface area (Å²) in [7, 11) is -2.31. The Bertz CT molecular complexity index is 1760.